The second-order valence-corrected chi connectivity index (χ2v) is 3.03. The molecule has 3 heteroatoms. The normalized spacial score (nSPS) is 19.0. The Bertz CT molecular complexity index is 100. The highest BCUT2D eigenvalue weighted by Crippen LogP contribution is 2.05. The summed E-state index contributed by atoms with van der Waals surface area (Å²) in [5.41, 5.74) is 5.19. The first-order chi connectivity index (χ1) is 2.39. The zero-order valence-electron chi connectivity index (χ0n) is 2.47. The number of nitrogens with two attached hydrogens (primary N) is 1. The zero-order chi connectivity index (χ0) is 3.70. The first-order valence-electron chi connectivity index (χ1n) is 1.17. The minimum Gasteiger partial charge on any atom is -0.288 e. The molecule has 28 valence electrons. The molecule has 1 rings (SSSR count). The lowest BCUT2D eigenvalue weighted by atomic mass is 11.5. The second kappa shape index (κ2) is 1.16. The third kappa shape index (κ3) is 0.560. The van der Waals surface area contributed by atoms with Gasteiger partial charge in [0, 0.05) is 4.70 Å². The van der Waals surface area contributed by atoms with Crippen LogP contribution in [0.25, 0.3) is 0 Å². The van der Waals surface area contributed by atoms with Gasteiger partial charge in [0.15, 0.2) is 0 Å². The summed E-state index contributed by atoms with van der Waals surface area (Å²) >= 11 is 1.59. The highest BCUT2D eigenvalue weighted by atomic mass is 32.2. The van der Waals surface area contributed by atoms with E-state index in [4.69, 9.17) is 5.73 Å². The van der Waals surface area contributed by atoms with E-state index in [1.54, 1.807) is 22.7 Å². The van der Waals surface area contributed by atoms with Crippen LogP contribution in [0.4, 0.5) is 0 Å². The van der Waals surface area contributed by atoms with Crippen molar-refractivity contribution in [3.05, 3.63) is 0 Å². The number of hydrogen-bond donors (Lipinski definition) is 1. The van der Waals surface area contributed by atoms with Crippen LogP contribution in [0.2, 0.25) is 0 Å². The first kappa shape index (κ1) is 3.46. The van der Waals surface area contributed by atoms with Gasteiger partial charge in [-0.3, -0.25) is 5.73 Å². The van der Waals surface area contributed by atoms with Crippen LogP contribution < -0.4 is 5.73 Å². The molecule has 1 aliphatic heterocycles. The molecule has 0 saturated carbocycles. The Labute approximate surface area is 38.1 Å². The molecule has 0 atom stereocenters. The van der Waals surface area contributed by atoms with Gasteiger partial charge in [0.25, 0.3) is 0 Å². The van der Waals surface area contributed by atoms with Crippen LogP contribution in [0.5, 0.6) is 0 Å². The summed E-state index contributed by atoms with van der Waals surface area (Å²) in [7, 11) is 1.59. The van der Waals surface area contributed by atoms with Gasteiger partial charge in [-0.1, -0.05) is 11.8 Å². The summed E-state index contributed by atoms with van der Waals surface area (Å²) in [6, 6.07) is 0. The predicted octanol–water partition coefficient (Wildman–Crippen LogP) is 0.272. The van der Waals surface area contributed by atoms with Crippen molar-refractivity contribution in [2.75, 3.05) is 0 Å². The van der Waals surface area contributed by atoms with Crippen LogP contribution in [0.15, 0.2) is 0 Å². The lowest BCUT2D eigenvalue weighted by Crippen LogP contribution is -2.05. The quantitative estimate of drug-likeness (QED) is 0.447. The van der Waals surface area contributed by atoms with Crippen molar-refractivity contribution in [1.29, 1.82) is 0 Å². The molecule has 0 amide bonds. The van der Waals surface area contributed by atoms with E-state index >= 15 is 0 Å². The van der Waals surface area contributed by atoms with E-state index in [9.17, 15) is 0 Å². The smallest absolute Gasteiger partial charge is 0.105 e. The number of rotatable bonds is 0. The lowest BCUT2D eigenvalue weighted by Gasteiger charge is -1.92. The maximum Gasteiger partial charge on any atom is 0.105 e. The van der Waals surface area contributed by atoms with Crippen LogP contribution in [-0.4, -0.2) is 9.02 Å². The van der Waals surface area contributed by atoms with E-state index in [2.05, 4.69) is 0 Å². The predicted molar refractivity (Wildman–Crippen MR) is 30.4 cm³/mol. The van der Waals surface area contributed by atoms with Gasteiger partial charge in [-0.2, -0.15) is 0 Å². The second-order valence-electron chi connectivity index (χ2n) is 0.651. The van der Waals surface area contributed by atoms with Crippen molar-refractivity contribution in [1.82, 2.24) is 0 Å². The first-order valence-corrected chi connectivity index (χ1v) is 2.93. The van der Waals surface area contributed by atoms with E-state index in [0.29, 0.717) is 0 Å². The SMILES string of the molecule is NC1=S=CS1. The molecule has 0 aromatic rings. The topological polar surface area (TPSA) is 26.0 Å². The third-order valence-corrected chi connectivity index (χ3v) is 2.14. The summed E-state index contributed by atoms with van der Waals surface area (Å²) in [5, 5.41) is 0. The largest absolute Gasteiger partial charge is 0.288 e. The average molecular weight is 105 g/mol. The Hall–Kier alpha value is 0.270. The van der Waals surface area contributed by atoms with Gasteiger partial charge in [-0.05, 0) is 0 Å². The molecular formula is C2H3NS2. The highest BCUT2D eigenvalue weighted by Gasteiger charge is 1.88. The van der Waals surface area contributed by atoms with Crippen LogP contribution >= 0.6 is 22.7 Å². The molecule has 2 N–H and O–H groups in total. The van der Waals surface area contributed by atoms with Gasteiger partial charge in [0.2, 0.25) is 0 Å². The fraction of sp³-hybridized carbons (Fsp3) is 0. The minimum absolute atomic E-state index is 0.963. The van der Waals surface area contributed by atoms with Crippen molar-refractivity contribution < 1.29 is 0 Å². The number of thioether (sulfide) groups is 1. The molecule has 0 aromatic carbocycles. The molecule has 0 unspecified atom stereocenters. The third-order valence-electron chi connectivity index (χ3n) is 0.329. The molecule has 1 aliphatic rings. The van der Waals surface area contributed by atoms with Crippen molar-refractivity contribution in [3.8, 4) is 0 Å². The molecule has 0 radical (unpaired) electrons. The van der Waals surface area contributed by atoms with E-state index in [0.717, 1.165) is 4.32 Å². The number of hydrogen-bond acceptors (Lipinski definition) is 2. The van der Waals surface area contributed by atoms with Crippen LogP contribution in [0.3, 0.4) is 0 Å². The Kier molecular flexibility index (Phi) is 0.804. The van der Waals surface area contributed by atoms with Crippen LogP contribution in [-0.2, 0) is 0 Å². The van der Waals surface area contributed by atoms with E-state index < -0.39 is 0 Å². The summed E-state index contributed by atoms with van der Waals surface area (Å²) < 4.78 is 2.96. The Morgan fingerprint density at radius 2 is 2.20 bits per heavy atom. The summed E-state index contributed by atoms with van der Waals surface area (Å²) in [5.74, 6) is 0. The average Bonchev–Trinajstić information content (AvgIpc) is 1.30. The molecule has 5 heavy (non-hydrogen) atoms. The monoisotopic (exact) mass is 105 g/mol. The van der Waals surface area contributed by atoms with Gasteiger partial charge >= 0.3 is 0 Å². The Morgan fingerprint density at radius 3 is 2.20 bits per heavy atom. The zero-order valence-corrected chi connectivity index (χ0v) is 4.10. The fourth-order valence-electron chi connectivity index (χ4n) is 0.104. The van der Waals surface area contributed by atoms with E-state index in [-0.39, 0.29) is 0 Å². The van der Waals surface area contributed by atoms with E-state index in [1.807, 2.05) is 4.70 Å². The molecule has 0 aliphatic carbocycles. The Morgan fingerprint density at radius 1 is 1.80 bits per heavy atom. The lowest BCUT2D eigenvalue weighted by molar-refractivity contribution is 1.91. The minimum atomic E-state index is 0.963. The summed E-state index contributed by atoms with van der Waals surface area (Å²) in [6.45, 7) is 0. The summed E-state index contributed by atoms with van der Waals surface area (Å²) in [6.07, 6.45) is 0. The fourth-order valence-corrected chi connectivity index (χ4v) is 0.933. The molecule has 1 heterocycles. The van der Waals surface area contributed by atoms with E-state index in [1.165, 1.54) is 0 Å². The molecular weight excluding hydrogens is 102 g/mol. The van der Waals surface area contributed by atoms with Crippen LogP contribution in [0, 0.1) is 0 Å². The van der Waals surface area contributed by atoms with Crippen LogP contribution in [0.1, 0.15) is 0 Å². The molecule has 1 nitrogen and oxygen atoms in total. The molecule has 0 spiro atoms. The van der Waals surface area contributed by atoms with Crippen molar-refractivity contribution >= 4 is 31.7 Å². The van der Waals surface area contributed by atoms with Gasteiger partial charge < -0.3 is 0 Å². The molecule has 0 saturated heterocycles. The molecule has 0 aromatic heterocycles. The van der Waals surface area contributed by atoms with Crippen molar-refractivity contribution in [3.63, 3.8) is 0 Å². The standard InChI is InChI=1S/C2H3NS2/c3-2-4-1-5-2/h1H,3H2. The van der Waals surface area contributed by atoms with Gasteiger partial charge in [0.05, 0.1) is 0 Å². The molecule has 0 bridgehead atoms. The highest BCUT2D eigenvalue weighted by molar-refractivity contribution is 8.48. The van der Waals surface area contributed by atoms with Gasteiger partial charge in [-0.15, -0.1) is 10.9 Å². The summed E-state index contributed by atoms with van der Waals surface area (Å²) in [4.78, 5) is 0. The Balaban J connectivity index is 2.85. The van der Waals surface area contributed by atoms with Crippen molar-refractivity contribution in [2.24, 2.45) is 5.73 Å². The maximum atomic E-state index is 5.19. The van der Waals surface area contributed by atoms with Gasteiger partial charge in [0.1, 0.15) is 4.32 Å². The van der Waals surface area contributed by atoms with Crippen molar-refractivity contribution in [2.45, 2.75) is 0 Å². The molecule has 0 fully saturated rings. The maximum absolute atomic E-state index is 5.19. The van der Waals surface area contributed by atoms with Gasteiger partial charge in [-0.25, -0.2) is 0 Å².